The molecule has 4 heteroatoms. The van der Waals surface area contributed by atoms with Gasteiger partial charge in [0.1, 0.15) is 5.82 Å². The quantitative estimate of drug-likeness (QED) is 0.293. The van der Waals surface area contributed by atoms with E-state index in [0.29, 0.717) is 41.2 Å². The van der Waals surface area contributed by atoms with Gasteiger partial charge >= 0.3 is 0 Å². The van der Waals surface area contributed by atoms with Crippen molar-refractivity contribution >= 4 is 0 Å². The van der Waals surface area contributed by atoms with Crippen LogP contribution < -0.4 is 0 Å². The molecule has 3 aromatic rings. The van der Waals surface area contributed by atoms with Gasteiger partial charge in [-0.3, -0.25) is 0 Å². The lowest BCUT2D eigenvalue weighted by Crippen LogP contribution is -2.20. The van der Waals surface area contributed by atoms with Gasteiger partial charge in [-0.15, -0.1) is 0 Å². The Morgan fingerprint density at radius 3 is 2.23 bits per heavy atom. The molecule has 2 unspecified atom stereocenters. The molecule has 4 rings (SSSR count). The second-order valence-electron chi connectivity index (χ2n) is 9.38. The molecule has 0 N–H and O–H groups in total. The van der Waals surface area contributed by atoms with E-state index in [1.165, 1.54) is 0 Å². The summed E-state index contributed by atoms with van der Waals surface area (Å²) in [5.41, 5.74) is 3.19. The van der Waals surface area contributed by atoms with Gasteiger partial charge in [0.05, 0.1) is 12.7 Å². The summed E-state index contributed by atoms with van der Waals surface area (Å²) >= 11 is 0. The van der Waals surface area contributed by atoms with E-state index in [4.69, 9.17) is 4.74 Å². The number of benzene rings is 3. The minimum atomic E-state index is -0.837. The van der Waals surface area contributed by atoms with Gasteiger partial charge in [-0.1, -0.05) is 74.0 Å². The molecule has 0 radical (unpaired) electrons. The Morgan fingerprint density at radius 2 is 1.60 bits per heavy atom. The zero-order valence-corrected chi connectivity index (χ0v) is 20.5. The fourth-order valence-electron chi connectivity index (χ4n) is 4.87. The molecule has 1 heterocycles. The molecule has 184 valence electrons. The molecule has 1 aliphatic heterocycles. The smallest absolute Gasteiger partial charge is 0.166 e. The van der Waals surface area contributed by atoms with Crippen LogP contribution in [0.25, 0.3) is 22.3 Å². The maximum atomic E-state index is 15.1. The number of hydrogen-bond donors (Lipinski definition) is 0. The lowest BCUT2D eigenvalue weighted by Gasteiger charge is -2.29. The zero-order valence-electron chi connectivity index (χ0n) is 20.5. The fourth-order valence-corrected chi connectivity index (χ4v) is 4.87. The summed E-state index contributed by atoms with van der Waals surface area (Å²) in [7, 11) is 0. The minimum absolute atomic E-state index is 0.0764. The molecule has 0 bridgehead atoms. The van der Waals surface area contributed by atoms with E-state index in [-0.39, 0.29) is 17.5 Å². The molecule has 0 aromatic heterocycles. The SMILES string of the molecule is CC=CCCC1CCC(c2ccc(-c3ccc(-c4ccc(CCC)c(F)c4F)cc3)c(F)c2)OC1. The average molecular weight is 479 g/mol. The Hall–Kier alpha value is -2.85. The highest BCUT2D eigenvalue weighted by Gasteiger charge is 2.23. The average Bonchev–Trinajstić information content (AvgIpc) is 2.88. The van der Waals surface area contributed by atoms with E-state index in [1.807, 2.05) is 19.9 Å². The Labute approximate surface area is 206 Å². The van der Waals surface area contributed by atoms with Gasteiger partial charge in [0, 0.05) is 11.1 Å². The third kappa shape index (κ3) is 5.87. The Kier molecular flexibility index (Phi) is 8.46. The number of halogens is 3. The van der Waals surface area contributed by atoms with Crippen LogP contribution in [0.3, 0.4) is 0 Å². The summed E-state index contributed by atoms with van der Waals surface area (Å²) in [5, 5.41) is 0. The molecule has 0 spiro atoms. The highest BCUT2D eigenvalue weighted by molar-refractivity contribution is 5.71. The van der Waals surface area contributed by atoms with Crippen LogP contribution in [0.15, 0.2) is 66.7 Å². The van der Waals surface area contributed by atoms with Crippen LogP contribution in [-0.4, -0.2) is 6.61 Å². The molecule has 2 atom stereocenters. The fraction of sp³-hybridized carbons (Fsp3) is 0.355. The van der Waals surface area contributed by atoms with Crippen LogP contribution >= 0.6 is 0 Å². The Morgan fingerprint density at radius 1 is 0.886 bits per heavy atom. The standard InChI is InChI=1S/C31H33F3O/c1-3-5-6-8-21-9-18-29(35-20-21)25-15-16-26(28(32)19-25)22-10-12-23(13-11-22)27-17-14-24(7-4-2)30(33)31(27)34/h3,5,10-17,19,21,29H,4,6-9,18,20H2,1-2H3. The van der Waals surface area contributed by atoms with Crippen molar-refractivity contribution in [2.45, 2.75) is 58.5 Å². The first-order valence-electron chi connectivity index (χ1n) is 12.6. The lowest BCUT2D eigenvalue weighted by molar-refractivity contribution is -0.0191. The number of allylic oxidation sites excluding steroid dienone is 2. The Bertz CT molecular complexity index is 1160. The van der Waals surface area contributed by atoms with Gasteiger partial charge in [-0.25, -0.2) is 13.2 Å². The first kappa shape index (κ1) is 25.2. The van der Waals surface area contributed by atoms with Crippen molar-refractivity contribution in [3.05, 3.63) is 95.3 Å². The summed E-state index contributed by atoms with van der Waals surface area (Å²) in [6.07, 6.45) is 9.61. The van der Waals surface area contributed by atoms with Gasteiger partial charge in [0.25, 0.3) is 0 Å². The van der Waals surface area contributed by atoms with Gasteiger partial charge in [0.15, 0.2) is 11.6 Å². The van der Waals surface area contributed by atoms with Crippen LogP contribution in [0.4, 0.5) is 13.2 Å². The van der Waals surface area contributed by atoms with Crippen molar-refractivity contribution in [3.63, 3.8) is 0 Å². The molecular formula is C31H33F3O. The molecule has 1 aliphatic rings. The molecule has 1 fully saturated rings. The number of ether oxygens (including phenoxy) is 1. The summed E-state index contributed by atoms with van der Waals surface area (Å²) in [6, 6.07) is 15.4. The minimum Gasteiger partial charge on any atom is -0.373 e. The van der Waals surface area contributed by atoms with Crippen molar-refractivity contribution in [2.75, 3.05) is 6.61 Å². The topological polar surface area (TPSA) is 9.23 Å². The summed E-state index contributed by atoms with van der Waals surface area (Å²) in [6.45, 7) is 4.68. The second-order valence-corrected chi connectivity index (χ2v) is 9.38. The summed E-state index contributed by atoms with van der Waals surface area (Å²) < 4.78 is 50.1. The predicted octanol–water partition coefficient (Wildman–Crippen LogP) is 9.21. The molecule has 3 aromatic carbocycles. The van der Waals surface area contributed by atoms with E-state index in [0.717, 1.165) is 37.7 Å². The van der Waals surface area contributed by atoms with Crippen LogP contribution in [0.1, 0.15) is 63.2 Å². The van der Waals surface area contributed by atoms with Gasteiger partial charge in [-0.05, 0) is 73.3 Å². The zero-order chi connectivity index (χ0) is 24.8. The monoisotopic (exact) mass is 478 g/mol. The van der Waals surface area contributed by atoms with E-state index in [1.54, 1.807) is 48.5 Å². The van der Waals surface area contributed by atoms with E-state index >= 15 is 4.39 Å². The van der Waals surface area contributed by atoms with Crippen molar-refractivity contribution in [3.8, 4) is 22.3 Å². The van der Waals surface area contributed by atoms with Gasteiger partial charge < -0.3 is 4.74 Å². The molecular weight excluding hydrogens is 445 g/mol. The molecule has 0 amide bonds. The Balaban J connectivity index is 1.46. The highest BCUT2D eigenvalue weighted by atomic mass is 19.2. The van der Waals surface area contributed by atoms with Crippen LogP contribution in [0, 0.1) is 23.4 Å². The van der Waals surface area contributed by atoms with E-state index in [9.17, 15) is 8.78 Å². The van der Waals surface area contributed by atoms with E-state index < -0.39 is 11.6 Å². The summed E-state index contributed by atoms with van der Waals surface area (Å²) in [5.74, 6) is -1.37. The van der Waals surface area contributed by atoms with Crippen molar-refractivity contribution in [1.82, 2.24) is 0 Å². The number of aryl methyl sites for hydroxylation is 1. The van der Waals surface area contributed by atoms with Gasteiger partial charge in [0.2, 0.25) is 0 Å². The summed E-state index contributed by atoms with van der Waals surface area (Å²) in [4.78, 5) is 0. The molecule has 0 aliphatic carbocycles. The van der Waals surface area contributed by atoms with Crippen molar-refractivity contribution < 1.29 is 17.9 Å². The van der Waals surface area contributed by atoms with Gasteiger partial charge in [-0.2, -0.15) is 0 Å². The van der Waals surface area contributed by atoms with Crippen molar-refractivity contribution in [2.24, 2.45) is 5.92 Å². The molecule has 1 saturated heterocycles. The largest absolute Gasteiger partial charge is 0.373 e. The second kappa shape index (κ2) is 11.7. The molecule has 1 nitrogen and oxygen atoms in total. The predicted molar refractivity (Wildman–Crippen MR) is 137 cm³/mol. The van der Waals surface area contributed by atoms with Crippen LogP contribution in [-0.2, 0) is 11.2 Å². The third-order valence-electron chi connectivity index (χ3n) is 6.90. The van der Waals surface area contributed by atoms with E-state index in [2.05, 4.69) is 12.2 Å². The number of hydrogen-bond acceptors (Lipinski definition) is 1. The normalized spacial score (nSPS) is 18.3. The number of rotatable bonds is 8. The molecule has 35 heavy (non-hydrogen) atoms. The third-order valence-corrected chi connectivity index (χ3v) is 6.90. The van der Waals surface area contributed by atoms with Crippen molar-refractivity contribution in [1.29, 1.82) is 0 Å². The van der Waals surface area contributed by atoms with Crippen LogP contribution in [0.2, 0.25) is 0 Å². The molecule has 0 saturated carbocycles. The van der Waals surface area contributed by atoms with Crippen LogP contribution in [0.5, 0.6) is 0 Å². The lowest BCUT2D eigenvalue weighted by atomic mass is 9.90. The first-order valence-corrected chi connectivity index (χ1v) is 12.6. The maximum absolute atomic E-state index is 15.1. The highest BCUT2D eigenvalue weighted by Crippen LogP contribution is 2.35. The first-order chi connectivity index (χ1) is 17.0. The maximum Gasteiger partial charge on any atom is 0.166 e.